The summed E-state index contributed by atoms with van der Waals surface area (Å²) >= 11 is 0. The number of aliphatic hydroxyl groups is 1. The Morgan fingerprint density at radius 2 is 2.12 bits per heavy atom. The van der Waals surface area contributed by atoms with Crippen LogP contribution in [-0.2, 0) is 10.9 Å². The molecule has 0 unspecified atom stereocenters. The van der Waals surface area contributed by atoms with E-state index in [9.17, 15) is 8.42 Å². The van der Waals surface area contributed by atoms with Crippen LogP contribution in [0.15, 0.2) is 0 Å². The van der Waals surface area contributed by atoms with Crippen molar-refractivity contribution in [1.82, 2.24) is 10.3 Å². The number of rotatable bonds is 4. The van der Waals surface area contributed by atoms with Crippen LogP contribution >= 0.6 is 0 Å². The monoisotopic (exact) mass is 140 g/mol. The third kappa shape index (κ3) is 5.83. The Morgan fingerprint density at radius 1 is 1.50 bits per heavy atom. The molecule has 0 aliphatic rings. The fraction of sp³-hybridized carbons (Fsp3) is 1.00. The maximum Gasteiger partial charge on any atom is 0.214 e. The Balaban J connectivity index is 2.94. The van der Waals surface area contributed by atoms with Crippen molar-refractivity contribution in [3.05, 3.63) is 0 Å². The molecule has 0 atom stereocenters. The van der Waals surface area contributed by atoms with Crippen molar-refractivity contribution >= 4 is 10.9 Å². The quantitative estimate of drug-likeness (QED) is 0.199. The van der Waals surface area contributed by atoms with Crippen molar-refractivity contribution in [2.24, 2.45) is 0 Å². The molecule has 0 radical (unpaired) electrons. The van der Waals surface area contributed by atoms with Crippen LogP contribution < -0.4 is 10.3 Å². The van der Waals surface area contributed by atoms with Crippen molar-refractivity contribution < 1.29 is 13.5 Å². The van der Waals surface area contributed by atoms with E-state index in [4.69, 9.17) is 5.11 Å². The minimum atomic E-state index is -2.58. The van der Waals surface area contributed by atoms with E-state index >= 15 is 0 Å². The van der Waals surface area contributed by atoms with Gasteiger partial charge in [0.05, 0.1) is 6.61 Å². The predicted octanol–water partition coefficient (Wildman–Crippen LogP) is -2.40. The fourth-order valence-corrected chi connectivity index (χ4v) is 0.417. The highest BCUT2D eigenvalue weighted by atomic mass is 32.2. The molecule has 0 saturated heterocycles. The number of nitrogens with one attached hydrogen (secondary N) is 2. The van der Waals surface area contributed by atoms with Gasteiger partial charge in [-0.1, -0.05) is 0 Å². The van der Waals surface area contributed by atoms with E-state index in [0.717, 1.165) is 0 Å². The average molecular weight is 140 g/mol. The molecule has 0 saturated carbocycles. The van der Waals surface area contributed by atoms with Gasteiger partial charge < -0.3 is 5.11 Å². The summed E-state index contributed by atoms with van der Waals surface area (Å²) in [7, 11) is -2.58. The third-order valence-electron chi connectivity index (χ3n) is 0.407. The second-order valence-electron chi connectivity index (χ2n) is 1.02. The molecular formula is C2H8N2O3S. The second-order valence-corrected chi connectivity index (χ2v) is 1.76. The normalized spacial score (nSPS) is 10.2. The first kappa shape index (κ1) is 7.83. The van der Waals surface area contributed by atoms with Gasteiger partial charge in [-0.15, -0.1) is 0 Å². The Morgan fingerprint density at radius 3 is 2.50 bits per heavy atom. The van der Waals surface area contributed by atoms with Crippen LogP contribution in [0.4, 0.5) is 0 Å². The van der Waals surface area contributed by atoms with E-state index in [-0.39, 0.29) is 13.2 Å². The van der Waals surface area contributed by atoms with Gasteiger partial charge in [0, 0.05) is 6.54 Å². The molecule has 0 aliphatic heterocycles. The zero-order valence-electron chi connectivity index (χ0n) is 4.13. The van der Waals surface area contributed by atoms with Gasteiger partial charge in [0.15, 0.2) is 0 Å². The Bertz CT molecular complexity index is 104. The van der Waals surface area contributed by atoms with Gasteiger partial charge in [0.25, 0.3) is 0 Å². The van der Waals surface area contributed by atoms with Crippen LogP contribution in [0, 0.1) is 0 Å². The molecule has 0 heterocycles. The van der Waals surface area contributed by atoms with Crippen LogP contribution in [0.5, 0.6) is 0 Å². The summed E-state index contributed by atoms with van der Waals surface area (Å²) in [6.07, 6.45) is 0. The summed E-state index contributed by atoms with van der Waals surface area (Å²) in [6.45, 7) is 0.138. The number of aliphatic hydroxyl groups excluding tert-OH is 1. The minimum absolute atomic E-state index is 0.0871. The molecule has 8 heavy (non-hydrogen) atoms. The lowest BCUT2D eigenvalue weighted by molar-refractivity contribution is 0.290. The van der Waals surface area contributed by atoms with Crippen LogP contribution in [0.25, 0.3) is 0 Å². The summed E-state index contributed by atoms with van der Waals surface area (Å²) in [5.74, 6) is 0. The number of hydrogen-bond acceptors (Lipinski definition) is 4. The molecular weight excluding hydrogens is 132 g/mol. The molecule has 0 fully saturated rings. The van der Waals surface area contributed by atoms with Gasteiger partial charge in [-0.25, -0.2) is 13.8 Å². The van der Waals surface area contributed by atoms with E-state index in [0.29, 0.717) is 0 Å². The summed E-state index contributed by atoms with van der Waals surface area (Å²) < 4.78 is 19.3. The largest absolute Gasteiger partial charge is 0.395 e. The highest BCUT2D eigenvalue weighted by Crippen LogP contribution is 1.48. The topological polar surface area (TPSA) is 78.4 Å². The van der Waals surface area contributed by atoms with E-state index < -0.39 is 10.9 Å². The predicted molar refractivity (Wildman–Crippen MR) is 28.5 cm³/mol. The lowest BCUT2D eigenvalue weighted by atomic mass is 10.7. The molecule has 50 valence electrons. The first-order valence-electron chi connectivity index (χ1n) is 2.01. The van der Waals surface area contributed by atoms with Crippen molar-refractivity contribution in [2.75, 3.05) is 13.2 Å². The molecule has 0 aromatic carbocycles. The average Bonchev–Trinajstić information content (AvgIpc) is 1.66. The minimum Gasteiger partial charge on any atom is -0.395 e. The van der Waals surface area contributed by atoms with Crippen LogP contribution in [0.3, 0.4) is 0 Å². The molecule has 0 spiro atoms. The van der Waals surface area contributed by atoms with Crippen molar-refractivity contribution in [1.29, 1.82) is 0 Å². The van der Waals surface area contributed by atoms with Crippen LogP contribution in [0.1, 0.15) is 0 Å². The summed E-state index contributed by atoms with van der Waals surface area (Å²) in [5.41, 5.74) is 2.24. The smallest absolute Gasteiger partial charge is 0.214 e. The van der Waals surface area contributed by atoms with Gasteiger partial charge in [-0.05, 0) is 0 Å². The number of hydrogen-bond donors (Lipinski definition) is 4. The third-order valence-corrected chi connectivity index (χ3v) is 0.748. The van der Waals surface area contributed by atoms with E-state index in [1.165, 1.54) is 0 Å². The van der Waals surface area contributed by atoms with Crippen molar-refractivity contribution in [3.63, 3.8) is 0 Å². The lowest BCUT2D eigenvalue weighted by Gasteiger charge is -1.93. The number of hydrazine groups is 1. The maximum absolute atomic E-state index is 9.66. The molecule has 5 nitrogen and oxygen atoms in total. The van der Waals surface area contributed by atoms with Crippen LogP contribution in [0.2, 0.25) is 0 Å². The molecule has 0 bridgehead atoms. The Hall–Kier alpha value is -0.170. The molecule has 0 aromatic heterocycles. The summed E-state index contributed by atoms with van der Waals surface area (Å²) in [5, 5.41) is 8.08. The van der Waals surface area contributed by atoms with Gasteiger partial charge in [0.2, 0.25) is 10.9 Å². The van der Waals surface area contributed by atoms with Gasteiger partial charge >= 0.3 is 0 Å². The summed E-state index contributed by atoms with van der Waals surface area (Å²) in [6, 6.07) is 0. The lowest BCUT2D eigenvalue weighted by Crippen LogP contribution is -2.32. The molecule has 3 N–H and O–H groups in total. The van der Waals surface area contributed by atoms with Crippen molar-refractivity contribution in [2.45, 2.75) is 0 Å². The highest BCUT2D eigenvalue weighted by molar-refractivity contribution is 7.70. The first-order chi connectivity index (χ1) is 3.77. The molecule has 0 aliphatic carbocycles. The maximum atomic E-state index is 9.66. The highest BCUT2D eigenvalue weighted by Gasteiger charge is 1.79. The zero-order chi connectivity index (χ0) is 6.41. The first-order valence-corrected chi connectivity index (χ1v) is 3.19. The molecule has 0 aromatic rings. The Labute approximate surface area is 48.8 Å². The standard InChI is InChI=1S/C2H8N2O3S/c5-2-1-3-4-8(6)7/h3,5,8H,1-2H2,(H,4,6,7). The Kier molecular flexibility index (Phi) is 4.87. The summed E-state index contributed by atoms with van der Waals surface area (Å²) in [4.78, 5) is 1.89. The number of thiol groups is 1. The molecule has 0 rings (SSSR count). The molecule has 0 amide bonds. The van der Waals surface area contributed by atoms with Gasteiger partial charge in [-0.3, -0.25) is 0 Å². The van der Waals surface area contributed by atoms with E-state index in [1.54, 1.807) is 0 Å². The second kappa shape index (κ2) is 4.98. The SMILES string of the molecule is O=[SH](=O)NNCCO. The zero-order valence-corrected chi connectivity index (χ0v) is 5.02. The van der Waals surface area contributed by atoms with E-state index in [1.807, 2.05) is 4.83 Å². The van der Waals surface area contributed by atoms with Gasteiger partial charge in [0.1, 0.15) is 0 Å². The van der Waals surface area contributed by atoms with Gasteiger partial charge in [-0.2, -0.15) is 4.83 Å². The molecule has 6 heteroatoms. The van der Waals surface area contributed by atoms with E-state index in [2.05, 4.69) is 5.43 Å². The fourth-order valence-electron chi connectivity index (χ4n) is 0.176. The van der Waals surface area contributed by atoms with Crippen molar-refractivity contribution in [3.8, 4) is 0 Å². The van der Waals surface area contributed by atoms with Crippen LogP contribution in [-0.4, -0.2) is 26.7 Å².